The molecule has 1 aromatic carbocycles. The number of hydrogen-bond acceptors (Lipinski definition) is 4. The van der Waals surface area contributed by atoms with E-state index in [0.29, 0.717) is 0 Å². The number of ether oxygens (including phenoxy) is 2. The van der Waals surface area contributed by atoms with Crippen LogP contribution in [-0.4, -0.2) is 21.9 Å². The normalized spacial score (nSPS) is 23.7. The first-order valence-electron chi connectivity index (χ1n) is 7.91. The van der Waals surface area contributed by atoms with Crippen molar-refractivity contribution in [1.29, 1.82) is 0 Å². The Hall–Kier alpha value is -1.85. The van der Waals surface area contributed by atoms with Crippen LogP contribution < -0.4 is 10.5 Å². The fourth-order valence-corrected chi connectivity index (χ4v) is 3.28. The first-order chi connectivity index (χ1) is 10.8. The fourth-order valence-electron chi connectivity index (χ4n) is 3.28. The van der Waals surface area contributed by atoms with Crippen LogP contribution in [0.25, 0.3) is 0 Å². The zero-order valence-electron chi connectivity index (χ0n) is 12.6. The highest BCUT2D eigenvalue weighted by Gasteiger charge is 2.25. The van der Waals surface area contributed by atoms with E-state index in [9.17, 15) is 0 Å². The zero-order valence-corrected chi connectivity index (χ0v) is 12.6. The van der Waals surface area contributed by atoms with Gasteiger partial charge in [0.1, 0.15) is 6.10 Å². The number of aromatic nitrogens is 2. The van der Waals surface area contributed by atoms with Crippen LogP contribution in [0.15, 0.2) is 30.6 Å². The van der Waals surface area contributed by atoms with Gasteiger partial charge in [0.05, 0.1) is 32.2 Å². The Bertz CT molecular complexity index is 668. The molecule has 4 rings (SSSR count). The van der Waals surface area contributed by atoms with E-state index >= 15 is 0 Å². The van der Waals surface area contributed by atoms with Crippen molar-refractivity contribution in [2.45, 2.75) is 51.2 Å². The summed E-state index contributed by atoms with van der Waals surface area (Å²) in [7, 11) is 0. The summed E-state index contributed by atoms with van der Waals surface area (Å²) in [5, 5.41) is 4.39. The Balaban J connectivity index is 1.43. The molecule has 0 unspecified atom stereocenters. The summed E-state index contributed by atoms with van der Waals surface area (Å²) in [6, 6.07) is 6.65. The van der Waals surface area contributed by atoms with E-state index in [-0.39, 0.29) is 12.1 Å². The second-order valence-corrected chi connectivity index (χ2v) is 6.22. The number of fused-ring (bicyclic) bond motifs is 1. The van der Waals surface area contributed by atoms with E-state index in [0.717, 1.165) is 44.8 Å². The highest BCUT2D eigenvalue weighted by Crippen LogP contribution is 2.24. The van der Waals surface area contributed by atoms with Gasteiger partial charge in [-0.2, -0.15) is 5.10 Å². The molecule has 0 saturated heterocycles. The molecule has 22 heavy (non-hydrogen) atoms. The molecule has 1 fully saturated rings. The molecule has 1 aliphatic carbocycles. The average Bonchev–Trinajstić information content (AvgIpc) is 3.22. The van der Waals surface area contributed by atoms with E-state index in [2.05, 4.69) is 23.3 Å². The third-order valence-electron chi connectivity index (χ3n) is 4.53. The molecule has 2 aromatic rings. The van der Waals surface area contributed by atoms with Crippen molar-refractivity contribution in [3.63, 3.8) is 0 Å². The first kappa shape index (κ1) is 13.8. The highest BCUT2D eigenvalue weighted by molar-refractivity contribution is 5.33. The average molecular weight is 299 g/mol. The highest BCUT2D eigenvalue weighted by atomic mass is 16.5. The zero-order chi connectivity index (χ0) is 14.9. The Labute approximate surface area is 130 Å². The van der Waals surface area contributed by atoms with Gasteiger partial charge in [-0.1, -0.05) is 18.2 Å². The van der Waals surface area contributed by atoms with Crippen molar-refractivity contribution >= 4 is 0 Å². The van der Waals surface area contributed by atoms with Crippen molar-refractivity contribution in [3.05, 3.63) is 47.3 Å². The molecule has 116 valence electrons. The monoisotopic (exact) mass is 299 g/mol. The minimum atomic E-state index is 0.134. The van der Waals surface area contributed by atoms with Crippen LogP contribution in [0.4, 0.5) is 0 Å². The molecule has 2 aliphatic rings. The van der Waals surface area contributed by atoms with Gasteiger partial charge in [0.25, 0.3) is 0 Å². The predicted octanol–water partition coefficient (Wildman–Crippen LogP) is 2.22. The van der Waals surface area contributed by atoms with Crippen molar-refractivity contribution < 1.29 is 9.47 Å². The lowest BCUT2D eigenvalue weighted by atomic mass is 10.1. The van der Waals surface area contributed by atoms with E-state index in [4.69, 9.17) is 15.2 Å². The molecule has 0 amide bonds. The third kappa shape index (κ3) is 2.74. The van der Waals surface area contributed by atoms with Crippen LogP contribution in [0, 0.1) is 0 Å². The van der Waals surface area contributed by atoms with Crippen LogP contribution in [0.3, 0.4) is 0 Å². The first-order valence-corrected chi connectivity index (χ1v) is 7.91. The smallest absolute Gasteiger partial charge is 0.157 e. The van der Waals surface area contributed by atoms with Gasteiger partial charge in [-0.15, -0.1) is 0 Å². The van der Waals surface area contributed by atoms with E-state index in [1.54, 1.807) is 6.20 Å². The lowest BCUT2D eigenvalue weighted by molar-refractivity contribution is 0.134. The molecule has 2 N–H and O–H groups in total. The minimum Gasteiger partial charge on any atom is -0.486 e. The molecule has 0 bridgehead atoms. The molecular weight excluding hydrogens is 278 g/mol. The number of hydrogen-bond donors (Lipinski definition) is 1. The Kier molecular flexibility index (Phi) is 3.60. The molecular formula is C17H21N3O2. The SMILES string of the molecule is N[C@H]1CCC[C@H]1Oc1cnn(Cc2ccc3c(c2)COC3)c1. The molecule has 1 aromatic heterocycles. The molecule has 1 aliphatic heterocycles. The van der Waals surface area contributed by atoms with Crippen LogP contribution in [0.5, 0.6) is 5.75 Å². The van der Waals surface area contributed by atoms with Gasteiger partial charge in [0.15, 0.2) is 5.75 Å². The van der Waals surface area contributed by atoms with Crippen molar-refractivity contribution in [3.8, 4) is 5.75 Å². The van der Waals surface area contributed by atoms with E-state index in [1.807, 2.05) is 10.9 Å². The second-order valence-electron chi connectivity index (χ2n) is 6.22. The predicted molar refractivity (Wildman–Crippen MR) is 82.5 cm³/mol. The summed E-state index contributed by atoms with van der Waals surface area (Å²) in [5.74, 6) is 0.812. The van der Waals surface area contributed by atoms with Gasteiger partial charge < -0.3 is 15.2 Å². The summed E-state index contributed by atoms with van der Waals surface area (Å²) < 4.78 is 13.3. The maximum atomic E-state index is 6.05. The van der Waals surface area contributed by atoms with E-state index < -0.39 is 0 Å². The number of rotatable bonds is 4. The molecule has 2 heterocycles. The molecule has 2 atom stereocenters. The summed E-state index contributed by atoms with van der Waals surface area (Å²) in [6.07, 6.45) is 7.11. The number of nitrogens with zero attached hydrogens (tertiary/aromatic N) is 2. The maximum Gasteiger partial charge on any atom is 0.157 e. The van der Waals surface area contributed by atoms with Gasteiger partial charge in [-0.05, 0) is 36.0 Å². The number of nitrogens with two attached hydrogens (primary N) is 1. The van der Waals surface area contributed by atoms with Gasteiger partial charge in [0, 0.05) is 6.04 Å². The summed E-state index contributed by atoms with van der Waals surface area (Å²) in [4.78, 5) is 0. The van der Waals surface area contributed by atoms with Crippen molar-refractivity contribution in [2.24, 2.45) is 5.73 Å². The van der Waals surface area contributed by atoms with Gasteiger partial charge in [0.2, 0.25) is 0 Å². The molecule has 5 nitrogen and oxygen atoms in total. The van der Waals surface area contributed by atoms with Gasteiger partial charge in [-0.3, -0.25) is 4.68 Å². The summed E-state index contributed by atoms with van der Waals surface area (Å²) in [5.41, 5.74) is 9.86. The van der Waals surface area contributed by atoms with Crippen LogP contribution in [0.1, 0.15) is 36.0 Å². The Morgan fingerprint density at radius 2 is 2.18 bits per heavy atom. The molecule has 0 spiro atoms. The van der Waals surface area contributed by atoms with Crippen molar-refractivity contribution in [1.82, 2.24) is 9.78 Å². The lowest BCUT2D eigenvalue weighted by Gasteiger charge is -2.16. The van der Waals surface area contributed by atoms with Crippen LogP contribution in [-0.2, 0) is 24.5 Å². The van der Waals surface area contributed by atoms with E-state index in [1.165, 1.54) is 16.7 Å². The molecule has 5 heteroatoms. The standard InChI is InChI=1S/C17H21N3O2/c18-16-2-1-3-17(16)22-15-7-19-20(9-15)8-12-4-5-13-10-21-11-14(13)6-12/h4-7,9,16-17H,1-3,8,10-11,18H2/t16-,17+/m0/s1. The van der Waals surface area contributed by atoms with Gasteiger partial charge in [-0.25, -0.2) is 0 Å². The maximum absolute atomic E-state index is 6.05. The minimum absolute atomic E-state index is 0.134. The Morgan fingerprint density at radius 1 is 1.27 bits per heavy atom. The number of benzene rings is 1. The Morgan fingerprint density at radius 3 is 3.05 bits per heavy atom. The molecule has 0 radical (unpaired) electrons. The van der Waals surface area contributed by atoms with Gasteiger partial charge >= 0.3 is 0 Å². The van der Waals surface area contributed by atoms with Crippen LogP contribution >= 0.6 is 0 Å². The second kappa shape index (κ2) is 5.74. The van der Waals surface area contributed by atoms with Crippen LogP contribution in [0.2, 0.25) is 0 Å². The quantitative estimate of drug-likeness (QED) is 0.940. The summed E-state index contributed by atoms with van der Waals surface area (Å²) in [6.45, 7) is 2.20. The fraction of sp³-hybridized carbons (Fsp3) is 0.471. The van der Waals surface area contributed by atoms with Crippen molar-refractivity contribution in [2.75, 3.05) is 0 Å². The molecule has 1 saturated carbocycles. The summed E-state index contributed by atoms with van der Waals surface area (Å²) >= 11 is 0. The largest absolute Gasteiger partial charge is 0.486 e. The third-order valence-corrected chi connectivity index (χ3v) is 4.53. The lowest BCUT2D eigenvalue weighted by Crippen LogP contribution is -2.33. The topological polar surface area (TPSA) is 62.3 Å².